The maximum Gasteiger partial charge on any atom is 0.251 e. The second kappa shape index (κ2) is 11.3. The van der Waals surface area contributed by atoms with Crippen LogP contribution >= 0.6 is 0 Å². The Kier molecular flexibility index (Phi) is 7.93. The summed E-state index contributed by atoms with van der Waals surface area (Å²) in [6.07, 6.45) is 4.92. The van der Waals surface area contributed by atoms with Crippen molar-refractivity contribution in [2.45, 2.75) is 52.5 Å². The molecule has 0 radical (unpaired) electrons. The zero-order valence-corrected chi connectivity index (χ0v) is 21.6. The fraction of sp³-hybridized carbons (Fsp3) is 0.333. The van der Waals surface area contributed by atoms with Crippen molar-refractivity contribution in [2.75, 3.05) is 14.2 Å². The van der Waals surface area contributed by atoms with Crippen LogP contribution in [0.25, 0.3) is 22.2 Å². The molecule has 0 bridgehead atoms. The Labute approximate surface area is 213 Å². The highest BCUT2D eigenvalue weighted by atomic mass is 16.5. The van der Waals surface area contributed by atoms with E-state index in [0.717, 1.165) is 77.8 Å². The van der Waals surface area contributed by atoms with E-state index in [1.54, 1.807) is 14.2 Å². The Morgan fingerprint density at radius 2 is 1.75 bits per heavy atom. The van der Waals surface area contributed by atoms with Gasteiger partial charge in [-0.25, -0.2) is 4.98 Å². The van der Waals surface area contributed by atoms with Gasteiger partial charge in [0.15, 0.2) is 11.5 Å². The van der Waals surface area contributed by atoms with Gasteiger partial charge in [-0.15, -0.1) is 0 Å². The van der Waals surface area contributed by atoms with Gasteiger partial charge in [-0.3, -0.25) is 4.79 Å². The highest BCUT2D eigenvalue weighted by Crippen LogP contribution is 2.35. The molecule has 2 aromatic heterocycles. The number of benzene rings is 2. The van der Waals surface area contributed by atoms with Crippen LogP contribution in [-0.4, -0.2) is 29.7 Å². The molecule has 188 valence electrons. The third kappa shape index (κ3) is 5.08. The van der Waals surface area contributed by atoms with Gasteiger partial charge in [-0.1, -0.05) is 50.1 Å². The maximum atomic E-state index is 12.8. The molecule has 0 aliphatic heterocycles. The number of para-hydroxylation sites is 1. The van der Waals surface area contributed by atoms with Gasteiger partial charge in [0.1, 0.15) is 0 Å². The van der Waals surface area contributed by atoms with Crippen LogP contribution in [0.1, 0.15) is 53.5 Å². The number of nitrogens with zero attached hydrogens (tertiary/aromatic N) is 2. The smallest absolute Gasteiger partial charge is 0.251 e. The number of amides is 1. The Morgan fingerprint density at radius 3 is 2.47 bits per heavy atom. The van der Waals surface area contributed by atoms with E-state index in [1.807, 2.05) is 49.4 Å². The van der Waals surface area contributed by atoms with E-state index >= 15 is 0 Å². The molecule has 1 amide bonds. The van der Waals surface area contributed by atoms with E-state index in [0.29, 0.717) is 17.1 Å². The summed E-state index contributed by atoms with van der Waals surface area (Å²) in [5.41, 5.74) is 12.2. The first-order valence-electron chi connectivity index (χ1n) is 12.6. The van der Waals surface area contributed by atoms with Gasteiger partial charge in [0.05, 0.1) is 31.0 Å². The third-order valence-electron chi connectivity index (χ3n) is 6.82. The molecule has 6 nitrogen and oxygen atoms in total. The van der Waals surface area contributed by atoms with Gasteiger partial charge in [0.25, 0.3) is 5.91 Å². The fourth-order valence-corrected chi connectivity index (χ4v) is 4.96. The molecule has 6 heteroatoms. The number of primary amides is 1. The Bertz CT molecular complexity index is 1370. The second-order valence-corrected chi connectivity index (χ2v) is 9.08. The van der Waals surface area contributed by atoms with E-state index in [4.69, 9.17) is 20.2 Å². The van der Waals surface area contributed by atoms with E-state index in [1.165, 1.54) is 0 Å². The third-order valence-corrected chi connectivity index (χ3v) is 6.82. The lowest BCUT2D eigenvalue weighted by Gasteiger charge is -2.15. The topological polar surface area (TPSA) is 79.4 Å². The van der Waals surface area contributed by atoms with Crippen molar-refractivity contribution in [1.29, 1.82) is 0 Å². The van der Waals surface area contributed by atoms with Gasteiger partial charge in [0.2, 0.25) is 0 Å². The number of carbonyl (C=O) groups excluding carboxylic acids is 1. The normalized spacial score (nSPS) is 11.1. The molecule has 4 aromatic rings. The summed E-state index contributed by atoms with van der Waals surface area (Å²) in [4.78, 5) is 17.7. The van der Waals surface area contributed by atoms with Crippen molar-refractivity contribution in [1.82, 2.24) is 9.55 Å². The van der Waals surface area contributed by atoms with Crippen LogP contribution in [0.2, 0.25) is 0 Å². The molecule has 4 rings (SSSR count). The van der Waals surface area contributed by atoms with Crippen LogP contribution in [0.5, 0.6) is 11.5 Å². The van der Waals surface area contributed by atoms with E-state index in [2.05, 4.69) is 23.6 Å². The number of ether oxygens (including phenoxy) is 2. The molecule has 0 fully saturated rings. The molecule has 36 heavy (non-hydrogen) atoms. The lowest BCUT2D eigenvalue weighted by molar-refractivity contribution is 0.1000. The minimum Gasteiger partial charge on any atom is -0.493 e. The summed E-state index contributed by atoms with van der Waals surface area (Å²) in [5.74, 6) is 1.000. The first kappa shape index (κ1) is 25.3. The van der Waals surface area contributed by atoms with Crippen molar-refractivity contribution in [3.05, 3.63) is 77.1 Å². The number of unbranched alkanes of at least 4 members (excludes halogenated alkanes) is 2. The molecule has 0 atom stereocenters. The first-order chi connectivity index (χ1) is 17.5. The summed E-state index contributed by atoms with van der Waals surface area (Å²) in [6, 6.07) is 18.1. The van der Waals surface area contributed by atoms with E-state index in [-0.39, 0.29) is 0 Å². The first-order valence-corrected chi connectivity index (χ1v) is 12.6. The number of rotatable bonds is 11. The molecular weight excluding hydrogens is 450 g/mol. The molecular formula is C30H35N3O3. The molecule has 0 saturated carbocycles. The van der Waals surface area contributed by atoms with E-state index < -0.39 is 5.91 Å². The van der Waals surface area contributed by atoms with Crippen molar-refractivity contribution in [3.63, 3.8) is 0 Å². The predicted molar refractivity (Wildman–Crippen MR) is 145 cm³/mol. The Hall–Kier alpha value is -3.80. The van der Waals surface area contributed by atoms with Crippen molar-refractivity contribution < 1.29 is 14.3 Å². The van der Waals surface area contributed by atoms with Crippen LogP contribution in [0.3, 0.4) is 0 Å². The molecule has 2 heterocycles. The van der Waals surface area contributed by atoms with Gasteiger partial charge >= 0.3 is 0 Å². The van der Waals surface area contributed by atoms with Crippen LogP contribution in [0.15, 0.2) is 54.6 Å². The Morgan fingerprint density at radius 1 is 0.972 bits per heavy atom. The molecule has 0 aliphatic rings. The van der Waals surface area contributed by atoms with Crippen molar-refractivity contribution >= 4 is 16.8 Å². The predicted octanol–water partition coefficient (Wildman–Crippen LogP) is 6.10. The zero-order chi connectivity index (χ0) is 25.7. The van der Waals surface area contributed by atoms with Gasteiger partial charge in [-0.05, 0) is 56.0 Å². The number of fused-ring (bicyclic) bond motifs is 1. The number of aromatic nitrogens is 2. The fourth-order valence-electron chi connectivity index (χ4n) is 4.96. The Balaban J connectivity index is 1.80. The number of hydrogen-bond acceptors (Lipinski definition) is 4. The van der Waals surface area contributed by atoms with E-state index in [9.17, 15) is 4.79 Å². The summed E-state index contributed by atoms with van der Waals surface area (Å²) >= 11 is 0. The number of aryl methyl sites for hydroxylation is 1. The number of pyridine rings is 1. The maximum absolute atomic E-state index is 12.8. The summed E-state index contributed by atoms with van der Waals surface area (Å²) in [5, 5.41) is 1.07. The molecule has 0 aliphatic carbocycles. The molecule has 0 saturated heterocycles. The summed E-state index contributed by atoms with van der Waals surface area (Å²) in [6.45, 7) is 4.90. The van der Waals surface area contributed by atoms with Gasteiger partial charge in [0, 0.05) is 28.9 Å². The lowest BCUT2D eigenvalue weighted by atomic mass is 10.0. The summed E-state index contributed by atoms with van der Waals surface area (Å²) in [7, 11) is 3.28. The van der Waals surface area contributed by atoms with Crippen LogP contribution in [0, 0.1) is 6.92 Å². The molecule has 0 spiro atoms. The number of carbonyl (C=O) groups is 1. The molecule has 2 aromatic carbocycles. The van der Waals surface area contributed by atoms with Crippen molar-refractivity contribution in [2.24, 2.45) is 5.73 Å². The summed E-state index contributed by atoms with van der Waals surface area (Å²) < 4.78 is 13.1. The quantitative estimate of drug-likeness (QED) is 0.260. The largest absolute Gasteiger partial charge is 0.493 e. The van der Waals surface area contributed by atoms with Crippen LogP contribution in [0.4, 0.5) is 0 Å². The minimum absolute atomic E-state index is 0.418. The highest BCUT2D eigenvalue weighted by molar-refractivity contribution is 6.02. The van der Waals surface area contributed by atoms with Crippen molar-refractivity contribution in [3.8, 4) is 22.8 Å². The molecule has 2 N–H and O–H groups in total. The standard InChI is InChI=1S/C30H35N3O3/c1-5-6-7-12-25-29(24-15-14-22-10-8-9-11-23(22)32-24)28(30(31)34)20(2)33(25)18-17-21-13-16-26(35-3)27(19-21)36-4/h8-11,13-16,19H,5-7,12,17-18H2,1-4H3,(H2,31,34). The average molecular weight is 486 g/mol. The van der Waals surface area contributed by atoms with Gasteiger partial charge < -0.3 is 19.8 Å². The van der Waals surface area contributed by atoms with Crippen LogP contribution in [-0.2, 0) is 19.4 Å². The molecule has 0 unspecified atom stereocenters. The SMILES string of the molecule is CCCCCc1c(-c2ccc3ccccc3n2)c(C(N)=O)c(C)n1CCc1ccc(OC)c(OC)c1. The second-order valence-electron chi connectivity index (χ2n) is 9.08. The lowest BCUT2D eigenvalue weighted by Crippen LogP contribution is -2.14. The van der Waals surface area contributed by atoms with Crippen LogP contribution < -0.4 is 15.2 Å². The zero-order valence-electron chi connectivity index (χ0n) is 21.6. The highest BCUT2D eigenvalue weighted by Gasteiger charge is 2.25. The monoisotopic (exact) mass is 485 g/mol. The van der Waals surface area contributed by atoms with Gasteiger partial charge in [-0.2, -0.15) is 0 Å². The number of nitrogens with two attached hydrogens (primary N) is 1. The number of hydrogen-bond donors (Lipinski definition) is 1. The number of methoxy groups -OCH3 is 2. The minimum atomic E-state index is -0.418. The average Bonchev–Trinajstić information content (AvgIpc) is 3.18.